The Morgan fingerprint density at radius 1 is 0.935 bits per heavy atom. The van der Waals surface area contributed by atoms with Gasteiger partial charge in [-0.05, 0) is 75.1 Å². The van der Waals surface area contributed by atoms with Gasteiger partial charge < -0.3 is 14.8 Å². The van der Waals surface area contributed by atoms with Crippen LogP contribution in [0.5, 0.6) is 5.75 Å². The van der Waals surface area contributed by atoms with E-state index in [0.717, 1.165) is 80.2 Å². The Balaban J connectivity index is 1.28. The molecule has 7 nitrogen and oxygen atoms in total. The summed E-state index contributed by atoms with van der Waals surface area (Å²) in [6, 6.07) is 6.72. The van der Waals surface area contributed by atoms with Crippen LogP contribution in [0.2, 0.25) is 0 Å². The molecule has 0 radical (unpaired) electrons. The molecule has 1 saturated heterocycles. The van der Waals surface area contributed by atoms with Gasteiger partial charge in [0.2, 0.25) is 0 Å². The van der Waals surface area contributed by atoms with Gasteiger partial charge >= 0.3 is 0 Å². The van der Waals surface area contributed by atoms with E-state index in [9.17, 15) is 0 Å². The molecule has 1 aromatic carbocycles. The lowest BCUT2D eigenvalue weighted by Crippen LogP contribution is -2.31. The topological polar surface area (TPSA) is 82.1 Å². The molecule has 1 aliphatic heterocycles. The van der Waals surface area contributed by atoms with Gasteiger partial charge in [0.05, 0.1) is 11.6 Å². The Hall–Kier alpha value is -2.80. The molecule has 0 atom stereocenters. The quantitative estimate of drug-likeness (QED) is 0.655. The molecule has 0 bridgehead atoms. The van der Waals surface area contributed by atoms with Gasteiger partial charge in [-0.1, -0.05) is 0 Å². The minimum Gasteiger partial charge on any atom is -0.488 e. The van der Waals surface area contributed by atoms with Crippen LogP contribution in [0.25, 0.3) is 11.0 Å². The fourth-order valence-electron chi connectivity index (χ4n) is 4.67. The standard InChI is InChI=1S/C24H29N5O2/c1-16-25-9-6-23(28-16)29-19-2-4-20(5-3-19)31-22-15-18(17-7-12-30-13-8-17)14-21-24(22)27-11-10-26-21/h6,9-11,14-15,17,19-20H,2-5,7-8,12-13H2,1H3,(H,25,28,29). The maximum absolute atomic E-state index is 6.53. The summed E-state index contributed by atoms with van der Waals surface area (Å²) in [7, 11) is 0. The highest BCUT2D eigenvalue weighted by molar-refractivity contribution is 5.81. The van der Waals surface area contributed by atoms with Gasteiger partial charge in [0.1, 0.15) is 22.9 Å². The van der Waals surface area contributed by atoms with E-state index in [1.165, 1.54) is 5.56 Å². The van der Waals surface area contributed by atoms with E-state index in [4.69, 9.17) is 9.47 Å². The molecule has 5 rings (SSSR count). The van der Waals surface area contributed by atoms with E-state index in [1.54, 1.807) is 18.6 Å². The molecule has 3 aromatic rings. The molecular weight excluding hydrogens is 390 g/mol. The monoisotopic (exact) mass is 419 g/mol. The molecule has 0 spiro atoms. The number of rotatable bonds is 5. The zero-order valence-corrected chi connectivity index (χ0v) is 18.0. The molecule has 2 fully saturated rings. The number of fused-ring (bicyclic) bond motifs is 1. The van der Waals surface area contributed by atoms with Crippen LogP contribution in [0.4, 0.5) is 5.82 Å². The highest BCUT2D eigenvalue weighted by atomic mass is 16.5. The predicted octanol–water partition coefficient (Wildman–Crippen LogP) is 4.42. The van der Waals surface area contributed by atoms with Crippen LogP contribution < -0.4 is 10.1 Å². The Bertz CT molecular complexity index is 1030. The number of hydrogen-bond donors (Lipinski definition) is 1. The summed E-state index contributed by atoms with van der Waals surface area (Å²) < 4.78 is 12.1. The number of nitrogens with zero attached hydrogens (tertiary/aromatic N) is 4. The molecule has 1 N–H and O–H groups in total. The number of ether oxygens (including phenoxy) is 2. The summed E-state index contributed by atoms with van der Waals surface area (Å²) >= 11 is 0. The largest absolute Gasteiger partial charge is 0.488 e. The van der Waals surface area contributed by atoms with E-state index in [-0.39, 0.29) is 6.10 Å². The molecule has 1 aliphatic carbocycles. The number of anilines is 1. The van der Waals surface area contributed by atoms with Crippen LogP contribution in [0.1, 0.15) is 55.8 Å². The Kier molecular flexibility index (Phi) is 5.93. The van der Waals surface area contributed by atoms with Gasteiger partial charge in [0.25, 0.3) is 0 Å². The number of benzene rings is 1. The smallest absolute Gasteiger partial charge is 0.147 e. The first kappa shape index (κ1) is 20.1. The average molecular weight is 420 g/mol. The second-order valence-electron chi connectivity index (χ2n) is 8.55. The minimum atomic E-state index is 0.195. The number of aryl methyl sites for hydroxylation is 1. The fourth-order valence-corrected chi connectivity index (χ4v) is 4.67. The van der Waals surface area contributed by atoms with Crippen molar-refractivity contribution in [2.45, 2.75) is 63.5 Å². The van der Waals surface area contributed by atoms with Gasteiger partial charge in [-0.3, -0.25) is 4.98 Å². The number of nitrogens with one attached hydrogen (secondary N) is 1. The van der Waals surface area contributed by atoms with Crippen LogP contribution in [-0.2, 0) is 4.74 Å². The van der Waals surface area contributed by atoms with Crippen molar-refractivity contribution >= 4 is 16.9 Å². The van der Waals surface area contributed by atoms with Crippen molar-refractivity contribution in [2.24, 2.45) is 0 Å². The first-order valence-electron chi connectivity index (χ1n) is 11.3. The van der Waals surface area contributed by atoms with E-state index >= 15 is 0 Å². The van der Waals surface area contributed by atoms with Crippen LogP contribution in [0, 0.1) is 6.92 Å². The first-order chi connectivity index (χ1) is 15.2. The molecule has 1 saturated carbocycles. The highest BCUT2D eigenvalue weighted by Gasteiger charge is 2.25. The normalized spacial score (nSPS) is 22.4. The van der Waals surface area contributed by atoms with Crippen molar-refractivity contribution < 1.29 is 9.47 Å². The Morgan fingerprint density at radius 2 is 1.74 bits per heavy atom. The highest BCUT2D eigenvalue weighted by Crippen LogP contribution is 2.35. The fraction of sp³-hybridized carbons (Fsp3) is 0.500. The lowest BCUT2D eigenvalue weighted by Gasteiger charge is -2.30. The Labute approximate surface area is 182 Å². The van der Waals surface area contributed by atoms with Gasteiger partial charge in [0, 0.05) is 37.8 Å². The van der Waals surface area contributed by atoms with Crippen molar-refractivity contribution in [2.75, 3.05) is 18.5 Å². The molecular formula is C24H29N5O2. The summed E-state index contributed by atoms with van der Waals surface area (Å²) in [6.07, 6.45) is 11.7. The van der Waals surface area contributed by atoms with Gasteiger partial charge in [0.15, 0.2) is 0 Å². The summed E-state index contributed by atoms with van der Waals surface area (Å²) in [4.78, 5) is 17.8. The van der Waals surface area contributed by atoms with Crippen molar-refractivity contribution in [1.29, 1.82) is 0 Å². The molecule has 3 heterocycles. The molecule has 0 unspecified atom stereocenters. The van der Waals surface area contributed by atoms with Gasteiger partial charge in [-0.15, -0.1) is 0 Å². The third-order valence-electron chi connectivity index (χ3n) is 6.35. The summed E-state index contributed by atoms with van der Waals surface area (Å²) in [5.41, 5.74) is 3.06. The Morgan fingerprint density at radius 3 is 2.55 bits per heavy atom. The van der Waals surface area contributed by atoms with E-state index in [0.29, 0.717) is 12.0 Å². The maximum atomic E-state index is 6.53. The third-order valence-corrected chi connectivity index (χ3v) is 6.35. The number of hydrogen-bond acceptors (Lipinski definition) is 7. The van der Waals surface area contributed by atoms with E-state index < -0.39 is 0 Å². The summed E-state index contributed by atoms with van der Waals surface area (Å²) in [5.74, 6) is 3.07. The zero-order valence-electron chi connectivity index (χ0n) is 18.0. The molecule has 7 heteroatoms. The molecule has 31 heavy (non-hydrogen) atoms. The molecule has 0 amide bonds. The van der Waals surface area contributed by atoms with Crippen LogP contribution in [0.15, 0.2) is 36.8 Å². The molecule has 2 aliphatic rings. The van der Waals surface area contributed by atoms with Crippen molar-refractivity contribution in [3.05, 3.63) is 48.2 Å². The van der Waals surface area contributed by atoms with Crippen LogP contribution >= 0.6 is 0 Å². The van der Waals surface area contributed by atoms with E-state index in [2.05, 4.69) is 37.4 Å². The number of aromatic nitrogens is 4. The van der Waals surface area contributed by atoms with Crippen LogP contribution in [0.3, 0.4) is 0 Å². The lowest BCUT2D eigenvalue weighted by molar-refractivity contribution is 0.0852. The maximum Gasteiger partial charge on any atom is 0.147 e. The zero-order chi connectivity index (χ0) is 21.0. The van der Waals surface area contributed by atoms with Gasteiger partial charge in [-0.25, -0.2) is 15.0 Å². The second-order valence-corrected chi connectivity index (χ2v) is 8.55. The molecule has 2 aromatic heterocycles. The average Bonchev–Trinajstić information content (AvgIpc) is 2.81. The van der Waals surface area contributed by atoms with Crippen molar-refractivity contribution in [1.82, 2.24) is 19.9 Å². The summed E-state index contributed by atoms with van der Waals surface area (Å²) in [6.45, 7) is 3.56. The minimum absolute atomic E-state index is 0.195. The molecule has 162 valence electrons. The second kappa shape index (κ2) is 9.14. The van der Waals surface area contributed by atoms with Crippen molar-refractivity contribution in [3.63, 3.8) is 0 Å². The summed E-state index contributed by atoms with van der Waals surface area (Å²) in [5, 5.41) is 3.55. The SMILES string of the molecule is Cc1nccc(NC2CCC(Oc3cc(C4CCOCC4)cc4nccnc34)CC2)n1. The van der Waals surface area contributed by atoms with Gasteiger partial charge in [-0.2, -0.15) is 0 Å². The van der Waals surface area contributed by atoms with E-state index in [1.807, 2.05) is 13.0 Å². The van der Waals surface area contributed by atoms with Crippen molar-refractivity contribution in [3.8, 4) is 5.75 Å². The van der Waals surface area contributed by atoms with Crippen LogP contribution in [-0.4, -0.2) is 45.3 Å². The lowest BCUT2D eigenvalue weighted by atomic mass is 9.91. The first-order valence-corrected chi connectivity index (χ1v) is 11.3. The predicted molar refractivity (Wildman–Crippen MR) is 119 cm³/mol. The third kappa shape index (κ3) is 4.77.